The maximum Gasteiger partial charge on any atom is 0.239 e. The third-order valence-electron chi connectivity index (χ3n) is 5.48. The van der Waals surface area contributed by atoms with Crippen LogP contribution in [0.3, 0.4) is 0 Å². The Balaban J connectivity index is 1.66. The SMILES string of the molecule is CCc1cccc(C)c1NC(=O)C(C)(C)C(=O)N1CCN(c2ncccn2)CC1. The van der Waals surface area contributed by atoms with Gasteiger partial charge in [-0.3, -0.25) is 9.59 Å². The number of rotatable bonds is 5. The van der Waals surface area contributed by atoms with Crippen LogP contribution in [0.25, 0.3) is 0 Å². The molecule has 7 heteroatoms. The summed E-state index contributed by atoms with van der Waals surface area (Å²) in [5.74, 6) is 0.235. The Labute approximate surface area is 172 Å². The quantitative estimate of drug-likeness (QED) is 0.788. The number of aryl methyl sites for hydroxylation is 2. The smallest absolute Gasteiger partial charge is 0.239 e. The van der Waals surface area contributed by atoms with Crippen LogP contribution in [0.1, 0.15) is 31.9 Å². The van der Waals surface area contributed by atoms with E-state index in [1.807, 2.05) is 25.1 Å². The Bertz CT molecular complexity index is 874. The first kappa shape index (κ1) is 20.8. The topological polar surface area (TPSA) is 78.4 Å². The maximum absolute atomic E-state index is 13.1. The molecule has 1 N–H and O–H groups in total. The standard InChI is InChI=1S/C22H29N5O2/c1-5-17-9-6-8-16(2)18(17)25-19(28)22(3,4)20(29)26-12-14-27(15-13-26)21-23-10-7-11-24-21/h6-11H,5,12-15H2,1-4H3,(H,25,28). The molecule has 1 fully saturated rings. The molecule has 1 saturated heterocycles. The van der Waals surface area contributed by atoms with Gasteiger partial charge in [-0.1, -0.05) is 25.1 Å². The number of benzene rings is 1. The summed E-state index contributed by atoms with van der Waals surface area (Å²) >= 11 is 0. The highest BCUT2D eigenvalue weighted by molar-refractivity contribution is 6.10. The Kier molecular flexibility index (Phi) is 6.15. The number of hydrogen-bond donors (Lipinski definition) is 1. The minimum Gasteiger partial charge on any atom is -0.338 e. The van der Waals surface area contributed by atoms with Crippen molar-refractivity contribution in [2.75, 3.05) is 36.4 Å². The summed E-state index contributed by atoms with van der Waals surface area (Å²) in [6.07, 6.45) is 4.24. The van der Waals surface area contributed by atoms with E-state index in [0.29, 0.717) is 32.1 Å². The molecule has 3 rings (SSSR count). The molecule has 1 aromatic carbocycles. The van der Waals surface area contributed by atoms with Gasteiger partial charge >= 0.3 is 0 Å². The minimum absolute atomic E-state index is 0.157. The zero-order valence-electron chi connectivity index (χ0n) is 17.6. The predicted octanol–water partition coefficient (Wildman–Crippen LogP) is 2.66. The van der Waals surface area contributed by atoms with Crippen molar-refractivity contribution in [2.24, 2.45) is 5.41 Å². The number of hydrogen-bond acceptors (Lipinski definition) is 5. The number of piperazine rings is 1. The van der Waals surface area contributed by atoms with Gasteiger partial charge in [-0.2, -0.15) is 0 Å². The molecule has 0 bridgehead atoms. The summed E-state index contributed by atoms with van der Waals surface area (Å²) in [6, 6.07) is 7.73. The summed E-state index contributed by atoms with van der Waals surface area (Å²) < 4.78 is 0. The lowest BCUT2D eigenvalue weighted by molar-refractivity contribution is -0.146. The Hall–Kier alpha value is -2.96. The molecule has 0 spiro atoms. The van der Waals surface area contributed by atoms with Crippen molar-refractivity contribution in [1.82, 2.24) is 14.9 Å². The molecule has 0 radical (unpaired) electrons. The Morgan fingerprint density at radius 2 is 1.72 bits per heavy atom. The Morgan fingerprint density at radius 3 is 2.34 bits per heavy atom. The molecule has 1 aromatic heterocycles. The molecular weight excluding hydrogens is 366 g/mol. The number of carbonyl (C=O) groups excluding carboxylic acids is 2. The lowest BCUT2D eigenvalue weighted by Crippen LogP contribution is -2.55. The van der Waals surface area contributed by atoms with Gasteiger partial charge in [-0.05, 0) is 44.4 Å². The number of anilines is 2. The highest BCUT2D eigenvalue weighted by Gasteiger charge is 2.40. The lowest BCUT2D eigenvalue weighted by Gasteiger charge is -2.38. The third-order valence-corrected chi connectivity index (χ3v) is 5.48. The van der Waals surface area contributed by atoms with E-state index >= 15 is 0 Å². The molecule has 154 valence electrons. The summed E-state index contributed by atoms with van der Waals surface area (Å²) in [5.41, 5.74) is 1.72. The average Bonchev–Trinajstić information content (AvgIpc) is 2.75. The van der Waals surface area contributed by atoms with Crippen molar-refractivity contribution in [1.29, 1.82) is 0 Å². The molecule has 29 heavy (non-hydrogen) atoms. The van der Waals surface area contributed by atoms with Crippen molar-refractivity contribution in [3.05, 3.63) is 47.8 Å². The van der Waals surface area contributed by atoms with E-state index in [1.54, 1.807) is 37.2 Å². The van der Waals surface area contributed by atoms with Crippen LogP contribution in [0.15, 0.2) is 36.7 Å². The summed E-state index contributed by atoms with van der Waals surface area (Å²) in [7, 11) is 0. The maximum atomic E-state index is 13.1. The second-order valence-electron chi connectivity index (χ2n) is 7.87. The van der Waals surface area contributed by atoms with Crippen molar-refractivity contribution in [3.63, 3.8) is 0 Å². The molecule has 1 aliphatic rings. The van der Waals surface area contributed by atoms with Crippen molar-refractivity contribution in [3.8, 4) is 0 Å². The highest BCUT2D eigenvalue weighted by atomic mass is 16.2. The minimum atomic E-state index is -1.15. The van der Waals surface area contributed by atoms with Gasteiger partial charge in [0.05, 0.1) is 0 Å². The molecular formula is C22H29N5O2. The van der Waals surface area contributed by atoms with Crippen LogP contribution < -0.4 is 10.2 Å². The van der Waals surface area contributed by atoms with E-state index in [1.165, 1.54) is 0 Å². The van der Waals surface area contributed by atoms with Crippen molar-refractivity contribution < 1.29 is 9.59 Å². The van der Waals surface area contributed by atoms with Gasteiger partial charge in [0.2, 0.25) is 17.8 Å². The van der Waals surface area contributed by atoms with Crippen molar-refractivity contribution >= 4 is 23.5 Å². The number of amides is 2. The molecule has 0 saturated carbocycles. The van der Waals surface area contributed by atoms with E-state index in [4.69, 9.17) is 0 Å². The largest absolute Gasteiger partial charge is 0.338 e. The van der Waals surface area contributed by atoms with E-state index < -0.39 is 5.41 Å². The zero-order chi connectivity index (χ0) is 21.0. The van der Waals surface area contributed by atoms with E-state index in [9.17, 15) is 9.59 Å². The van der Waals surface area contributed by atoms with Gasteiger partial charge in [0.25, 0.3) is 0 Å². The van der Waals surface area contributed by atoms with Gasteiger partial charge in [0, 0.05) is 44.3 Å². The first-order valence-electron chi connectivity index (χ1n) is 10.1. The first-order valence-corrected chi connectivity index (χ1v) is 10.1. The Morgan fingerprint density at radius 1 is 1.07 bits per heavy atom. The third kappa shape index (κ3) is 4.39. The fourth-order valence-electron chi connectivity index (χ4n) is 3.53. The summed E-state index contributed by atoms with van der Waals surface area (Å²) in [5, 5.41) is 3.01. The molecule has 2 amide bonds. The lowest BCUT2D eigenvalue weighted by atomic mass is 9.89. The summed E-state index contributed by atoms with van der Waals surface area (Å²) in [4.78, 5) is 38.5. The van der Waals surface area contributed by atoms with E-state index in [2.05, 4.69) is 27.1 Å². The fourth-order valence-corrected chi connectivity index (χ4v) is 3.53. The molecule has 7 nitrogen and oxygen atoms in total. The van der Waals surface area contributed by atoms with Gasteiger partial charge in [-0.15, -0.1) is 0 Å². The van der Waals surface area contributed by atoms with Gasteiger partial charge < -0.3 is 15.1 Å². The number of nitrogens with zero attached hydrogens (tertiary/aromatic N) is 4. The molecule has 2 heterocycles. The number of nitrogens with one attached hydrogen (secondary N) is 1. The second-order valence-corrected chi connectivity index (χ2v) is 7.87. The molecule has 0 aliphatic carbocycles. The van der Waals surface area contributed by atoms with Crippen LogP contribution in [0.5, 0.6) is 0 Å². The number of carbonyl (C=O) groups is 2. The average molecular weight is 396 g/mol. The van der Waals surface area contributed by atoms with Gasteiger partial charge in [0.1, 0.15) is 5.41 Å². The van der Waals surface area contributed by atoms with Gasteiger partial charge in [0.15, 0.2) is 0 Å². The van der Waals surface area contributed by atoms with Crippen LogP contribution in [-0.4, -0.2) is 52.9 Å². The molecule has 1 aliphatic heterocycles. The predicted molar refractivity (Wildman–Crippen MR) is 114 cm³/mol. The summed E-state index contributed by atoms with van der Waals surface area (Å²) in [6.45, 7) is 9.78. The highest BCUT2D eigenvalue weighted by Crippen LogP contribution is 2.27. The van der Waals surface area contributed by atoms with Crippen LogP contribution >= 0.6 is 0 Å². The van der Waals surface area contributed by atoms with Crippen molar-refractivity contribution in [2.45, 2.75) is 34.1 Å². The van der Waals surface area contributed by atoms with Crippen LogP contribution in [-0.2, 0) is 16.0 Å². The van der Waals surface area contributed by atoms with Crippen LogP contribution in [0.2, 0.25) is 0 Å². The fraction of sp³-hybridized carbons (Fsp3) is 0.455. The molecule has 2 aromatic rings. The van der Waals surface area contributed by atoms with E-state index in [-0.39, 0.29) is 11.8 Å². The normalized spacial score (nSPS) is 14.6. The first-order chi connectivity index (χ1) is 13.8. The van der Waals surface area contributed by atoms with E-state index in [0.717, 1.165) is 23.2 Å². The monoisotopic (exact) mass is 395 g/mol. The van der Waals surface area contributed by atoms with Crippen LogP contribution in [0.4, 0.5) is 11.6 Å². The number of para-hydroxylation sites is 1. The van der Waals surface area contributed by atoms with Crippen LogP contribution in [0, 0.1) is 12.3 Å². The van der Waals surface area contributed by atoms with Gasteiger partial charge in [-0.25, -0.2) is 9.97 Å². The molecule has 0 atom stereocenters. The number of aromatic nitrogens is 2. The molecule has 0 unspecified atom stereocenters. The second kappa shape index (κ2) is 8.59. The zero-order valence-corrected chi connectivity index (χ0v) is 17.6.